The normalized spacial score (nSPS) is 14.0. The van der Waals surface area contributed by atoms with Crippen LogP contribution in [0.2, 0.25) is 0 Å². The lowest BCUT2D eigenvalue weighted by Gasteiger charge is -2.32. The molecule has 0 heterocycles. The summed E-state index contributed by atoms with van der Waals surface area (Å²) in [5, 5.41) is 11.7. The molecule has 0 radical (unpaired) electrons. The largest absolute Gasteiger partial charge is 0.481 e. The van der Waals surface area contributed by atoms with Crippen LogP contribution in [0.5, 0.6) is 0 Å². The second kappa shape index (κ2) is 6.47. The summed E-state index contributed by atoms with van der Waals surface area (Å²) in [7, 11) is 0. The van der Waals surface area contributed by atoms with E-state index in [-0.39, 0.29) is 24.4 Å². The molecule has 2 N–H and O–H groups in total. The molecule has 1 aromatic carbocycles. The number of carboxylic acid groups (broad SMARTS) is 1. The van der Waals surface area contributed by atoms with Gasteiger partial charge < -0.3 is 10.4 Å². The van der Waals surface area contributed by atoms with E-state index in [1.807, 2.05) is 20.8 Å². The molecule has 0 amide bonds. The first-order valence-corrected chi connectivity index (χ1v) is 6.64. The zero-order valence-corrected chi connectivity index (χ0v) is 12.3. The minimum atomic E-state index is -4.39. The van der Waals surface area contributed by atoms with Gasteiger partial charge in [0.25, 0.3) is 0 Å². The van der Waals surface area contributed by atoms with Crippen molar-refractivity contribution in [3.05, 3.63) is 35.4 Å². The molecule has 6 heteroatoms. The van der Waals surface area contributed by atoms with E-state index < -0.39 is 17.7 Å². The van der Waals surface area contributed by atoms with E-state index in [4.69, 9.17) is 5.11 Å². The number of alkyl halides is 3. The van der Waals surface area contributed by atoms with E-state index in [2.05, 4.69) is 5.32 Å². The van der Waals surface area contributed by atoms with Crippen molar-refractivity contribution >= 4 is 5.97 Å². The Morgan fingerprint density at radius 3 is 2.38 bits per heavy atom. The fourth-order valence-corrected chi connectivity index (χ4v) is 2.14. The molecule has 0 bridgehead atoms. The van der Waals surface area contributed by atoms with Crippen molar-refractivity contribution in [2.75, 3.05) is 6.54 Å². The van der Waals surface area contributed by atoms with E-state index in [9.17, 15) is 18.0 Å². The van der Waals surface area contributed by atoms with Crippen LogP contribution in [0, 0.1) is 5.41 Å². The monoisotopic (exact) mass is 303 g/mol. The molecule has 0 aliphatic carbocycles. The van der Waals surface area contributed by atoms with Crippen molar-refractivity contribution in [3.8, 4) is 0 Å². The number of halogens is 3. The minimum Gasteiger partial charge on any atom is -0.481 e. The van der Waals surface area contributed by atoms with Gasteiger partial charge in [0.15, 0.2) is 0 Å². The lowest BCUT2D eigenvalue weighted by atomic mass is 9.82. The van der Waals surface area contributed by atoms with Crippen molar-refractivity contribution in [2.24, 2.45) is 5.41 Å². The van der Waals surface area contributed by atoms with Gasteiger partial charge in [0.05, 0.1) is 12.0 Å². The molecule has 21 heavy (non-hydrogen) atoms. The molecule has 1 atom stereocenters. The number of hydrogen-bond donors (Lipinski definition) is 2. The predicted octanol–water partition coefficient (Wildman–Crippen LogP) is 3.86. The van der Waals surface area contributed by atoms with E-state index in [1.165, 1.54) is 6.07 Å². The summed E-state index contributed by atoms with van der Waals surface area (Å²) in [6, 6.07) is 4.78. The smallest absolute Gasteiger partial charge is 0.416 e. The standard InChI is InChI=1S/C15H20F3NO2/c1-14(2,3)13(19-8-7-12(20)21)10-5-4-6-11(9-10)15(16,17)18/h4-6,9,13,19H,7-8H2,1-3H3,(H,20,21). The van der Waals surface area contributed by atoms with Gasteiger partial charge in [-0.2, -0.15) is 13.2 Å². The summed E-state index contributed by atoms with van der Waals surface area (Å²) in [5.41, 5.74) is -0.542. The average molecular weight is 303 g/mol. The molecule has 1 aromatic rings. The van der Waals surface area contributed by atoms with Crippen LogP contribution in [0.1, 0.15) is 44.4 Å². The van der Waals surface area contributed by atoms with Crippen LogP contribution in [-0.4, -0.2) is 17.6 Å². The Labute approximate surface area is 122 Å². The van der Waals surface area contributed by atoms with Gasteiger partial charge in [-0.1, -0.05) is 32.9 Å². The number of rotatable bonds is 5. The molecule has 0 saturated heterocycles. The minimum absolute atomic E-state index is 0.0778. The van der Waals surface area contributed by atoms with Gasteiger partial charge in [-0.15, -0.1) is 0 Å². The lowest BCUT2D eigenvalue weighted by Crippen LogP contribution is -2.34. The second-order valence-corrected chi connectivity index (χ2v) is 6.02. The molecule has 1 rings (SSSR count). The van der Waals surface area contributed by atoms with Gasteiger partial charge in [0.1, 0.15) is 0 Å². The van der Waals surface area contributed by atoms with Crippen molar-refractivity contribution in [3.63, 3.8) is 0 Å². The quantitative estimate of drug-likeness (QED) is 0.868. The SMILES string of the molecule is CC(C)(C)C(NCCC(=O)O)c1cccc(C(F)(F)F)c1. The maximum atomic E-state index is 12.8. The van der Waals surface area contributed by atoms with Crippen molar-refractivity contribution < 1.29 is 23.1 Å². The number of carbonyl (C=O) groups is 1. The number of carboxylic acids is 1. The van der Waals surface area contributed by atoms with Crippen LogP contribution >= 0.6 is 0 Å². The summed E-state index contributed by atoms with van der Waals surface area (Å²) in [5.74, 6) is -0.945. The third kappa shape index (κ3) is 5.38. The molecule has 0 spiro atoms. The lowest BCUT2D eigenvalue weighted by molar-refractivity contribution is -0.138. The summed E-state index contributed by atoms with van der Waals surface area (Å²) < 4.78 is 38.4. The first kappa shape index (κ1) is 17.5. The Balaban J connectivity index is 3.01. The van der Waals surface area contributed by atoms with Gasteiger partial charge in [-0.3, -0.25) is 4.79 Å². The molecule has 1 unspecified atom stereocenters. The van der Waals surface area contributed by atoms with Crippen LogP contribution in [0.3, 0.4) is 0 Å². The number of aliphatic carboxylic acids is 1. The van der Waals surface area contributed by atoms with E-state index in [1.54, 1.807) is 6.07 Å². The Morgan fingerprint density at radius 1 is 1.29 bits per heavy atom. The Bertz CT molecular complexity index is 492. The molecule has 0 fully saturated rings. The zero-order valence-electron chi connectivity index (χ0n) is 12.3. The molecule has 0 aromatic heterocycles. The Morgan fingerprint density at radius 2 is 1.90 bits per heavy atom. The molecular weight excluding hydrogens is 283 g/mol. The predicted molar refractivity (Wildman–Crippen MR) is 73.9 cm³/mol. The first-order valence-electron chi connectivity index (χ1n) is 6.64. The van der Waals surface area contributed by atoms with Crippen LogP contribution in [-0.2, 0) is 11.0 Å². The number of nitrogens with one attached hydrogen (secondary N) is 1. The van der Waals surface area contributed by atoms with Gasteiger partial charge >= 0.3 is 12.1 Å². The highest BCUT2D eigenvalue weighted by atomic mass is 19.4. The third-order valence-electron chi connectivity index (χ3n) is 3.10. The molecule has 0 aliphatic rings. The summed E-state index contributed by atoms with van der Waals surface area (Å²) in [6.07, 6.45) is -4.47. The van der Waals surface area contributed by atoms with E-state index >= 15 is 0 Å². The third-order valence-corrected chi connectivity index (χ3v) is 3.10. The molecular formula is C15H20F3NO2. The number of benzene rings is 1. The van der Waals surface area contributed by atoms with Crippen LogP contribution in [0.4, 0.5) is 13.2 Å². The molecule has 0 aliphatic heterocycles. The molecule has 0 saturated carbocycles. The Hall–Kier alpha value is -1.56. The fourth-order valence-electron chi connectivity index (χ4n) is 2.14. The maximum Gasteiger partial charge on any atom is 0.416 e. The van der Waals surface area contributed by atoms with Crippen LogP contribution < -0.4 is 5.32 Å². The first-order chi connectivity index (χ1) is 9.51. The average Bonchev–Trinajstić information content (AvgIpc) is 2.32. The van der Waals surface area contributed by atoms with Gasteiger partial charge in [0, 0.05) is 12.6 Å². The van der Waals surface area contributed by atoms with Gasteiger partial charge in [-0.25, -0.2) is 0 Å². The highest BCUT2D eigenvalue weighted by Crippen LogP contribution is 2.36. The van der Waals surface area contributed by atoms with E-state index in [0.29, 0.717) is 5.56 Å². The second-order valence-electron chi connectivity index (χ2n) is 6.02. The van der Waals surface area contributed by atoms with Crippen molar-refractivity contribution in [1.29, 1.82) is 0 Å². The maximum absolute atomic E-state index is 12.8. The van der Waals surface area contributed by atoms with Crippen LogP contribution in [0.15, 0.2) is 24.3 Å². The molecule has 118 valence electrons. The zero-order chi connectivity index (χ0) is 16.3. The fraction of sp³-hybridized carbons (Fsp3) is 0.533. The van der Waals surface area contributed by atoms with E-state index in [0.717, 1.165) is 12.1 Å². The van der Waals surface area contributed by atoms with Gasteiger partial charge in [0.2, 0.25) is 0 Å². The van der Waals surface area contributed by atoms with Crippen molar-refractivity contribution in [1.82, 2.24) is 5.32 Å². The van der Waals surface area contributed by atoms with Gasteiger partial charge in [-0.05, 0) is 23.1 Å². The topological polar surface area (TPSA) is 49.3 Å². The highest BCUT2D eigenvalue weighted by Gasteiger charge is 2.32. The Kier molecular flexibility index (Phi) is 5.39. The van der Waals surface area contributed by atoms with Crippen molar-refractivity contribution in [2.45, 2.75) is 39.4 Å². The highest BCUT2D eigenvalue weighted by molar-refractivity contribution is 5.66. The molecule has 3 nitrogen and oxygen atoms in total. The van der Waals surface area contributed by atoms with Crippen LogP contribution in [0.25, 0.3) is 0 Å². The number of hydrogen-bond acceptors (Lipinski definition) is 2. The summed E-state index contributed by atoms with van der Waals surface area (Å²) >= 11 is 0. The summed E-state index contributed by atoms with van der Waals surface area (Å²) in [4.78, 5) is 10.6. The summed E-state index contributed by atoms with van der Waals surface area (Å²) in [6.45, 7) is 5.89.